The normalized spacial score (nSPS) is 21.2. The van der Waals surface area contributed by atoms with Crippen LogP contribution in [0.15, 0.2) is 72.4 Å². The van der Waals surface area contributed by atoms with E-state index in [0.717, 1.165) is 16.7 Å². The van der Waals surface area contributed by atoms with Gasteiger partial charge in [-0.05, 0) is 69.9 Å². The second kappa shape index (κ2) is 12.0. The monoisotopic (exact) mass is 684 g/mol. The highest BCUT2D eigenvalue weighted by atomic mass is 35.5. The van der Waals surface area contributed by atoms with Crippen molar-refractivity contribution in [1.29, 1.82) is 0 Å². The van der Waals surface area contributed by atoms with Crippen LogP contribution in [0.5, 0.6) is 0 Å². The lowest BCUT2D eigenvalue weighted by molar-refractivity contribution is -0.185. The molecule has 4 aromatic rings. The van der Waals surface area contributed by atoms with Crippen molar-refractivity contribution in [2.24, 2.45) is 0 Å². The molecule has 3 atom stereocenters. The number of benzene rings is 2. The van der Waals surface area contributed by atoms with Gasteiger partial charge in [0.05, 0.1) is 23.5 Å². The SMILES string of the molecule is CC(C)(C)OC(O)C1CCCN1S(=O)(=O)c1cnc2n1C(C)(Cc1ccc(-c3cncnc3)cc1)C(=O)N2c1cc(Cl)cc(Cl)c1. The Bertz CT molecular complexity index is 1860. The summed E-state index contributed by atoms with van der Waals surface area (Å²) >= 11 is 12.7. The molecule has 14 heteroatoms. The Kier molecular flexibility index (Phi) is 8.49. The molecule has 0 aliphatic carbocycles. The van der Waals surface area contributed by atoms with Crippen molar-refractivity contribution in [1.82, 2.24) is 23.8 Å². The van der Waals surface area contributed by atoms with E-state index >= 15 is 0 Å². The zero-order valence-electron chi connectivity index (χ0n) is 25.8. The van der Waals surface area contributed by atoms with Gasteiger partial charge in [0.15, 0.2) is 11.3 Å². The minimum Gasteiger partial charge on any atom is -0.367 e. The van der Waals surface area contributed by atoms with Crippen LogP contribution in [0.25, 0.3) is 11.1 Å². The number of sulfonamides is 1. The number of hydrogen-bond donors (Lipinski definition) is 1. The van der Waals surface area contributed by atoms with Crippen molar-refractivity contribution in [2.75, 3.05) is 11.4 Å². The summed E-state index contributed by atoms with van der Waals surface area (Å²) < 4.78 is 37.4. The molecule has 3 unspecified atom stereocenters. The Labute approximate surface area is 277 Å². The van der Waals surface area contributed by atoms with E-state index in [1.807, 2.05) is 24.3 Å². The molecule has 1 amide bonds. The van der Waals surface area contributed by atoms with E-state index in [1.165, 1.54) is 26.3 Å². The summed E-state index contributed by atoms with van der Waals surface area (Å²) in [5, 5.41) is 11.4. The summed E-state index contributed by atoms with van der Waals surface area (Å²) in [5.41, 5.74) is 0.764. The Morgan fingerprint density at radius 3 is 2.33 bits per heavy atom. The van der Waals surface area contributed by atoms with Crippen LogP contribution in [-0.4, -0.2) is 67.7 Å². The van der Waals surface area contributed by atoms with E-state index in [1.54, 1.807) is 58.3 Å². The maximum absolute atomic E-state index is 14.5. The Hall–Kier alpha value is -3.39. The average Bonchev–Trinajstić information content (AvgIpc) is 3.70. The lowest BCUT2D eigenvalue weighted by atomic mass is 9.91. The molecule has 2 aliphatic rings. The number of rotatable bonds is 8. The number of imidazole rings is 1. The summed E-state index contributed by atoms with van der Waals surface area (Å²) in [5.74, 6) is -0.287. The molecule has 0 bridgehead atoms. The number of hydrogen-bond acceptors (Lipinski definition) is 8. The van der Waals surface area contributed by atoms with Crippen LogP contribution in [0.3, 0.4) is 0 Å². The van der Waals surface area contributed by atoms with E-state index in [0.29, 0.717) is 28.6 Å². The molecule has 0 spiro atoms. The number of halogens is 2. The first kappa shape index (κ1) is 32.5. The predicted octanol–water partition coefficient (Wildman–Crippen LogP) is 5.57. The first-order chi connectivity index (χ1) is 21.7. The zero-order chi connectivity index (χ0) is 33.0. The molecule has 1 fully saturated rings. The van der Waals surface area contributed by atoms with Crippen molar-refractivity contribution in [2.45, 2.75) is 75.5 Å². The fraction of sp³-hybridized carbons (Fsp3) is 0.375. The van der Waals surface area contributed by atoms with Crippen molar-refractivity contribution in [3.05, 3.63) is 83.0 Å². The molecule has 1 N–H and O–H groups in total. The minimum absolute atomic E-state index is 0.115. The predicted molar refractivity (Wildman–Crippen MR) is 174 cm³/mol. The van der Waals surface area contributed by atoms with Crippen LogP contribution >= 0.6 is 23.2 Å². The first-order valence-corrected chi connectivity index (χ1v) is 17.0. The van der Waals surface area contributed by atoms with Gasteiger partial charge >= 0.3 is 0 Å². The Morgan fingerprint density at radius 1 is 1.04 bits per heavy atom. The van der Waals surface area contributed by atoms with Crippen molar-refractivity contribution < 1.29 is 23.1 Å². The number of aliphatic hydroxyl groups is 1. The van der Waals surface area contributed by atoms with Crippen molar-refractivity contribution in [3.8, 4) is 11.1 Å². The molecule has 2 aromatic carbocycles. The minimum atomic E-state index is -4.27. The lowest BCUT2D eigenvalue weighted by Gasteiger charge is -2.33. The first-order valence-electron chi connectivity index (χ1n) is 14.8. The van der Waals surface area contributed by atoms with E-state index in [9.17, 15) is 18.3 Å². The molecule has 2 aromatic heterocycles. The van der Waals surface area contributed by atoms with Gasteiger partial charge in [-0.1, -0.05) is 47.5 Å². The number of ether oxygens (including phenoxy) is 1. The molecule has 46 heavy (non-hydrogen) atoms. The van der Waals surface area contributed by atoms with E-state index in [-0.39, 0.29) is 23.9 Å². The van der Waals surface area contributed by atoms with Gasteiger partial charge in [-0.15, -0.1) is 0 Å². The summed E-state index contributed by atoms with van der Waals surface area (Å²) in [6.07, 6.45) is 5.90. The lowest BCUT2D eigenvalue weighted by Crippen LogP contribution is -2.47. The van der Waals surface area contributed by atoms with Crippen molar-refractivity contribution in [3.63, 3.8) is 0 Å². The van der Waals surface area contributed by atoms with Crippen LogP contribution in [0.2, 0.25) is 10.0 Å². The average molecular weight is 686 g/mol. The molecule has 0 radical (unpaired) electrons. The van der Waals surface area contributed by atoms with Gasteiger partial charge in [-0.3, -0.25) is 9.36 Å². The fourth-order valence-electron chi connectivity index (χ4n) is 6.18. The maximum atomic E-state index is 14.5. The molecule has 4 heterocycles. The molecule has 242 valence electrons. The molecule has 2 aliphatic heterocycles. The van der Waals surface area contributed by atoms with Gasteiger partial charge in [-0.2, -0.15) is 4.31 Å². The smallest absolute Gasteiger partial charge is 0.260 e. The number of aliphatic hydroxyl groups excluding tert-OH is 1. The fourth-order valence-corrected chi connectivity index (χ4v) is 8.57. The van der Waals surface area contributed by atoms with Crippen LogP contribution in [0, 0.1) is 0 Å². The maximum Gasteiger partial charge on any atom is 0.260 e. The standard InChI is InChI=1S/C32H34Cl2N6O5S/c1-31(2,3)45-28(41)26-6-5-11-38(26)46(43,44)27-18-37-30-39(25-13-23(33)12-24(34)14-25)29(42)32(4,40(27)30)15-20-7-9-21(10-8-20)22-16-35-19-36-17-22/h7-10,12-14,16-19,26,28,41H,5-6,11,15H2,1-4H3. The second-order valence-electron chi connectivity index (χ2n) is 12.7. The highest BCUT2D eigenvalue weighted by molar-refractivity contribution is 7.89. The quantitative estimate of drug-likeness (QED) is 0.239. The molecule has 11 nitrogen and oxygen atoms in total. The molecule has 6 rings (SSSR count). The molecular weight excluding hydrogens is 651 g/mol. The van der Waals surface area contributed by atoms with Crippen LogP contribution in [0.4, 0.5) is 11.6 Å². The third kappa shape index (κ3) is 5.94. The molecular formula is C32H34Cl2N6O5S. The highest BCUT2D eigenvalue weighted by Crippen LogP contribution is 2.45. The Morgan fingerprint density at radius 2 is 1.70 bits per heavy atom. The molecule has 0 saturated carbocycles. The van der Waals surface area contributed by atoms with Gasteiger partial charge in [-0.25, -0.2) is 28.3 Å². The summed E-state index contributed by atoms with van der Waals surface area (Å²) in [7, 11) is -4.27. The summed E-state index contributed by atoms with van der Waals surface area (Å²) in [6, 6.07) is 11.5. The summed E-state index contributed by atoms with van der Waals surface area (Å²) in [6.45, 7) is 7.26. The van der Waals surface area contributed by atoms with Crippen LogP contribution in [-0.2, 0) is 31.5 Å². The number of fused-ring (bicyclic) bond motifs is 1. The zero-order valence-corrected chi connectivity index (χ0v) is 28.1. The van der Waals surface area contributed by atoms with Gasteiger partial charge in [0, 0.05) is 41.0 Å². The third-order valence-electron chi connectivity index (χ3n) is 8.19. The van der Waals surface area contributed by atoms with Crippen LogP contribution < -0.4 is 4.90 Å². The van der Waals surface area contributed by atoms with Gasteiger partial charge in [0.25, 0.3) is 15.9 Å². The van der Waals surface area contributed by atoms with E-state index < -0.39 is 39.4 Å². The third-order valence-corrected chi connectivity index (χ3v) is 10.5. The number of amides is 1. The summed E-state index contributed by atoms with van der Waals surface area (Å²) in [4.78, 5) is 28.5. The van der Waals surface area contributed by atoms with Crippen LogP contribution in [0.1, 0.15) is 46.1 Å². The van der Waals surface area contributed by atoms with Gasteiger partial charge in [0.1, 0.15) is 11.9 Å². The number of anilines is 2. The Balaban J connectivity index is 1.44. The second-order valence-corrected chi connectivity index (χ2v) is 15.4. The van der Waals surface area contributed by atoms with Crippen molar-refractivity contribution >= 4 is 50.8 Å². The number of aromatic nitrogens is 4. The largest absolute Gasteiger partial charge is 0.367 e. The number of nitrogens with zero attached hydrogens (tertiary/aromatic N) is 6. The van der Waals surface area contributed by atoms with E-state index in [4.69, 9.17) is 27.9 Å². The van der Waals surface area contributed by atoms with Gasteiger partial charge in [0.2, 0.25) is 5.95 Å². The number of carbonyl (C=O) groups excluding carboxylic acids is 1. The van der Waals surface area contributed by atoms with Gasteiger partial charge < -0.3 is 9.84 Å². The number of carbonyl (C=O) groups is 1. The highest BCUT2D eigenvalue weighted by Gasteiger charge is 2.53. The molecule has 1 saturated heterocycles. The van der Waals surface area contributed by atoms with E-state index in [2.05, 4.69) is 15.0 Å². The topological polar surface area (TPSA) is 131 Å².